The second kappa shape index (κ2) is 4.65. The van der Waals surface area contributed by atoms with Gasteiger partial charge in [-0.3, -0.25) is 9.48 Å². The van der Waals surface area contributed by atoms with Crippen molar-refractivity contribution in [2.24, 2.45) is 7.05 Å². The average Bonchev–Trinajstić information content (AvgIpc) is 3.08. The Hall–Kier alpha value is -1.90. The fraction of sp³-hybridized carbons (Fsp3) is 0.375. The molecule has 1 aromatic heterocycles. The molecule has 0 unspecified atom stereocenters. The van der Waals surface area contributed by atoms with Crippen LogP contribution >= 0.6 is 0 Å². The van der Waals surface area contributed by atoms with E-state index in [-0.39, 0.29) is 11.2 Å². The van der Waals surface area contributed by atoms with E-state index < -0.39 is 0 Å². The zero-order valence-corrected chi connectivity index (χ0v) is 11.2. The second-order valence-corrected chi connectivity index (χ2v) is 5.32. The number of ketones is 1. The van der Waals surface area contributed by atoms with Crippen molar-refractivity contribution in [3.05, 3.63) is 53.9 Å². The topological polar surface area (TPSA) is 34.9 Å². The lowest BCUT2D eigenvalue weighted by Crippen LogP contribution is -2.34. The summed E-state index contributed by atoms with van der Waals surface area (Å²) < 4.78 is 1.69. The van der Waals surface area contributed by atoms with E-state index in [1.807, 2.05) is 31.3 Å². The number of rotatable bonds is 3. The molecule has 19 heavy (non-hydrogen) atoms. The van der Waals surface area contributed by atoms with Crippen LogP contribution < -0.4 is 0 Å². The van der Waals surface area contributed by atoms with Crippen LogP contribution in [0.1, 0.15) is 41.7 Å². The van der Waals surface area contributed by atoms with E-state index in [9.17, 15) is 4.79 Å². The highest BCUT2D eigenvalue weighted by Gasteiger charge is 2.43. The van der Waals surface area contributed by atoms with E-state index in [4.69, 9.17) is 0 Å². The summed E-state index contributed by atoms with van der Waals surface area (Å²) in [5, 5.41) is 4.13. The van der Waals surface area contributed by atoms with Gasteiger partial charge in [-0.05, 0) is 24.5 Å². The molecule has 3 nitrogen and oxygen atoms in total. The molecule has 0 saturated heterocycles. The first-order valence-corrected chi connectivity index (χ1v) is 6.82. The monoisotopic (exact) mass is 254 g/mol. The van der Waals surface area contributed by atoms with Crippen LogP contribution in [-0.2, 0) is 12.5 Å². The Morgan fingerprint density at radius 3 is 2.42 bits per heavy atom. The Labute approximate surface area is 113 Å². The van der Waals surface area contributed by atoms with E-state index in [1.54, 1.807) is 10.9 Å². The SMILES string of the molecule is Cn1nccc1C(=O)C1(c2ccccc2)CCCC1. The smallest absolute Gasteiger partial charge is 0.191 e. The molecule has 0 amide bonds. The van der Waals surface area contributed by atoms with E-state index in [1.165, 1.54) is 0 Å². The fourth-order valence-electron chi connectivity index (χ4n) is 3.22. The van der Waals surface area contributed by atoms with Crippen LogP contribution in [0.25, 0.3) is 0 Å². The van der Waals surface area contributed by atoms with Crippen LogP contribution in [0.4, 0.5) is 0 Å². The summed E-state index contributed by atoms with van der Waals surface area (Å²) >= 11 is 0. The molecular weight excluding hydrogens is 236 g/mol. The van der Waals surface area contributed by atoms with E-state index in [0.29, 0.717) is 5.69 Å². The Morgan fingerprint density at radius 1 is 1.16 bits per heavy atom. The summed E-state index contributed by atoms with van der Waals surface area (Å²) in [6, 6.07) is 12.0. The largest absolute Gasteiger partial charge is 0.291 e. The van der Waals surface area contributed by atoms with Crippen LogP contribution in [0.3, 0.4) is 0 Å². The molecule has 2 aromatic rings. The van der Waals surface area contributed by atoms with Gasteiger partial charge in [-0.2, -0.15) is 5.10 Å². The molecule has 1 fully saturated rings. The third-order valence-corrected chi connectivity index (χ3v) is 4.27. The van der Waals surface area contributed by atoms with Gasteiger partial charge in [-0.25, -0.2) is 0 Å². The maximum Gasteiger partial charge on any atom is 0.191 e. The number of benzene rings is 1. The van der Waals surface area contributed by atoms with Crippen molar-refractivity contribution in [1.29, 1.82) is 0 Å². The standard InChI is InChI=1S/C16H18N2O/c1-18-14(9-12-17-18)15(19)16(10-5-6-11-16)13-7-3-2-4-8-13/h2-4,7-9,12H,5-6,10-11H2,1H3. The molecule has 0 spiro atoms. The summed E-state index contributed by atoms with van der Waals surface area (Å²) in [4.78, 5) is 13.0. The van der Waals surface area contributed by atoms with Crippen molar-refractivity contribution in [1.82, 2.24) is 9.78 Å². The number of carbonyl (C=O) groups excluding carboxylic acids is 1. The second-order valence-electron chi connectivity index (χ2n) is 5.32. The molecule has 0 N–H and O–H groups in total. The van der Waals surface area contributed by atoms with Crippen molar-refractivity contribution in [2.45, 2.75) is 31.1 Å². The van der Waals surface area contributed by atoms with Gasteiger partial charge in [0.2, 0.25) is 0 Å². The van der Waals surface area contributed by atoms with Crippen LogP contribution in [0, 0.1) is 0 Å². The van der Waals surface area contributed by atoms with Gasteiger partial charge in [-0.15, -0.1) is 0 Å². The van der Waals surface area contributed by atoms with Gasteiger partial charge in [0.25, 0.3) is 0 Å². The van der Waals surface area contributed by atoms with E-state index in [2.05, 4.69) is 17.2 Å². The average molecular weight is 254 g/mol. The van der Waals surface area contributed by atoms with Gasteiger partial charge >= 0.3 is 0 Å². The summed E-state index contributed by atoms with van der Waals surface area (Å²) in [7, 11) is 1.83. The molecule has 1 heterocycles. The maximum absolute atomic E-state index is 13.0. The summed E-state index contributed by atoms with van der Waals surface area (Å²) in [6.45, 7) is 0. The third-order valence-electron chi connectivity index (χ3n) is 4.27. The minimum Gasteiger partial charge on any atom is -0.291 e. The number of Topliss-reactive ketones (excluding diaryl/α,β-unsaturated/α-hetero) is 1. The van der Waals surface area contributed by atoms with Gasteiger partial charge in [0, 0.05) is 13.2 Å². The molecule has 1 aromatic carbocycles. The zero-order chi connectivity index (χ0) is 13.3. The minimum absolute atomic E-state index is 0.219. The minimum atomic E-state index is -0.338. The highest BCUT2D eigenvalue weighted by atomic mass is 16.1. The molecule has 0 radical (unpaired) electrons. The Kier molecular flexibility index (Phi) is 2.97. The van der Waals surface area contributed by atoms with E-state index in [0.717, 1.165) is 31.2 Å². The van der Waals surface area contributed by atoms with Crippen molar-refractivity contribution < 1.29 is 4.79 Å². The van der Waals surface area contributed by atoms with Crippen molar-refractivity contribution in [3.63, 3.8) is 0 Å². The molecule has 98 valence electrons. The van der Waals surface area contributed by atoms with Gasteiger partial charge in [0.15, 0.2) is 5.78 Å². The lowest BCUT2D eigenvalue weighted by atomic mass is 9.74. The van der Waals surface area contributed by atoms with Gasteiger partial charge in [0.1, 0.15) is 5.69 Å². The number of hydrogen-bond donors (Lipinski definition) is 0. The number of aryl methyl sites for hydroxylation is 1. The van der Waals surface area contributed by atoms with Gasteiger partial charge in [0.05, 0.1) is 5.41 Å². The predicted molar refractivity (Wildman–Crippen MR) is 74.1 cm³/mol. The molecule has 0 bridgehead atoms. The van der Waals surface area contributed by atoms with Gasteiger partial charge < -0.3 is 0 Å². The molecule has 1 aliphatic rings. The summed E-state index contributed by atoms with van der Waals surface area (Å²) in [6.07, 6.45) is 5.83. The highest BCUT2D eigenvalue weighted by molar-refractivity contribution is 6.03. The van der Waals surface area contributed by atoms with Crippen molar-refractivity contribution >= 4 is 5.78 Å². The van der Waals surface area contributed by atoms with Crippen LogP contribution in [0.15, 0.2) is 42.6 Å². The molecule has 0 atom stereocenters. The first-order valence-electron chi connectivity index (χ1n) is 6.82. The summed E-state index contributed by atoms with van der Waals surface area (Å²) in [5.41, 5.74) is 1.53. The van der Waals surface area contributed by atoms with Crippen molar-refractivity contribution in [2.75, 3.05) is 0 Å². The lowest BCUT2D eigenvalue weighted by molar-refractivity contribution is 0.0876. The number of nitrogens with zero attached hydrogens (tertiary/aromatic N) is 2. The number of carbonyl (C=O) groups is 1. The normalized spacial score (nSPS) is 17.5. The van der Waals surface area contributed by atoms with Crippen LogP contribution in [-0.4, -0.2) is 15.6 Å². The first kappa shape index (κ1) is 12.2. The van der Waals surface area contributed by atoms with Gasteiger partial charge in [-0.1, -0.05) is 43.2 Å². The van der Waals surface area contributed by atoms with Crippen molar-refractivity contribution in [3.8, 4) is 0 Å². The first-order chi connectivity index (χ1) is 9.24. The molecule has 0 aliphatic heterocycles. The molecule has 1 aliphatic carbocycles. The molecule has 3 rings (SSSR count). The molecule has 1 saturated carbocycles. The Balaban J connectivity index is 2.07. The Morgan fingerprint density at radius 2 is 1.84 bits per heavy atom. The zero-order valence-electron chi connectivity index (χ0n) is 11.2. The fourth-order valence-corrected chi connectivity index (χ4v) is 3.22. The van der Waals surface area contributed by atoms with Crippen LogP contribution in [0.2, 0.25) is 0 Å². The Bertz CT molecular complexity index is 580. The quantitative estimate of drug-likeness (QED) is 0.789. The molecule has 3 heteroatoms. The van der Waals surface area contributed by atoms with Crippen LogP contribution in [0.5, 0.6) is 0 Å². The predicted octanol–water partition coefficient (Wildman–Crippen LogP) is 3.11. The highest BCUT2D eigenvalue weighted by Crippen LogP contribution is 2.43. The maximum atomic E-state index is 13.0. The number of hydrogen-bond acceptors (Lipinski definition) is 2. The lowest BCUT2D eigenvalue weighted by Gasteiger charge is -2.28. The number of aromatic nitrogens is 2. The van der Waals surface area contributed by atoms with E-state index >= 15 is 0 Å². The third kappa shape index (κ3) is 1.89. The molecular formula is C16H18N2O. The summed E-state index contributed by atoms with van der Waals surface area (Å²) in [5.74, 6) is 0.219.